The maximum atomic E-state index is 9.62. The minimum absolute atomic E-state index is 0.289. The Morgan fingerprint density at radius 3 is 2.45 bits per heavy atom. The Balaban J connectivity index is 1.97. The molecule has 0 spiro atoms. The quantitative estimate of drug-likeness (QED) is 0.630. The maximum Gasteiger partial charge on any atom is 0.241 e. The van der Waals surface area contributed by atoms with Crippen molar-refractivity contribution in [1.82, 2.24) is 24.5 Å². The van der Waals surface area contributed by atoms with Crippen LogP contribution in [0.1, 0.15) is 0 Å². The van der Waals surface area contributed by atoms with Crippen molar-refractivity contribution < 1.29 is 10.2 Å². The molecule has 2 unspecified atom stereocenters. The summed E-state index contributed by atoms with van der Waals surface area (Å²) < 4.78 is 1.66. The fourth-order valence-corrected chi connectivity index (χ4v) is 2.03. The van der Waals surface area contributed by atoms with E-state index in [2.05, 4.69) is 25.3 Å². The smallest absolute Gasteiger partial charge is 0.241 e. The van der Waals surface area contributed by atoms with Gasteiger partial charge < -0.3 is 20.4 Å². The summed E-state index contributed by atoms with van der Waals surface area (Å²) in [6.45, 7) is 0.579. The lowest BCUT2D eigenvalue weighted by Crippen LogP contribution is -2.24. The lowest BCUT2D eigenvalue weighted by atomic mass is 10.3. The number of rotatable bonds is 3. The summed E-state index contributed by atoms with van der Waals surface area (Å²) in [4.78, 5) is 18.5. The van der Waals surface area contributed by atoms with Crippen LogP contribution < -0.4 is 10.2 Å². The molecule has 1 saturated heterocycles. The third-order valence-corrected chi connectivity index (χ3v) is 3.11. The molecule has 0 aliphatic carbocycles. The highest BCUT2D eigenvalue weighted by atomic mass is 16.3. The zero-order valence-corrected chi connectivity index (χ0v) is 10.9. The van der Waals surface area contributed by atoms with Gasteiger partial charge >= 0.3 is 0 Å². The first-order chi connectivity index (χ1) is 9.67. The molecule has 1 aliphatic heterocycles. The molecule has 9 nitrogen and oxygen atoms in total. The van der Waals surface area contributed by atoms with Gasteiger partial charge in [-0.3, -0.25) is 4.57 Å². The van der Waals surface area contributed by atoms with E-state index in [1.54, 1.807) is 35.2 Å². The highest BCUT2D eigenvalue weighted by Gasteiger charge is 2.31. The van der Waals surface area contributed by atoms with Gasteiger partial charge in [-0.2, -0.15) is 15.0 Å². The van der Waals surface area contributed by atoms with Gasteiger partial charge in [-0.1, -0.05) is 0 Å². The van der Waals surface area contributed by atoms with E-state index in [0.29, 0.717) is 17.8 Å². The minimum Gasteiger partial charge on any atom is -0.388 e. The Hall–Kier alpha value is -2.26. The number of aliphatic hydroxyl groups excluding tert-OH is 2. The fourth-order valence-electron chi connectivity index (χ4n) is 2.03. The van der Waals surface area contributed by atoms with Gasteiger partial charge in [-0.15, -0.1) is 0 Å². The first-order valence-electron chi connectivity index (χ1n) is 6.20. The van der Waals surface area contributed by atoms with Crippen molar-refractivity contribution in [2.45, 2.75) is 12.2 Å². The molecule has 1 fully saturated rings. The van der Waals surface area contributed by atoms with Gasteiger partial charge in [0.2, 0.25) is 17.8 Å². The zero-order valence-electron chi connectivity index (χ0n) is 10.9. The molecule has 20 heavy (non-hydrogen) atoms. The molecule has 1 aliphatic rings. The van der Waals surface area contributed by atoms with E-state index < -0.39 is 12.2 Å². The van der Waals surface area contributed by atoms with Gasteiger partial charge in [0.05, 0.1) is 12.2 Å². The predicted octanol–water partition coefficient (Wildman–Crippen LogP) is -1.36. The van der Waals surface area contributed by atoms with Crippen LogP contribution in [0.15, 0.2) is 18.7 Å². The largest absolute Gasteiger partial charge is 0.388 e. The average molecular weight is 277 g/mol. The van der Waals surface area contributed by atoms with Gasteiger partial charge in [0.1, 0.15) is 6.33 Å². The fraction of sp³-hybridized carbons (Fsp3) is 0.455. The highest BCUT2D eigenvalue weighted by molar-refractivity contribution is 5.41. The molecule has 2 atom stereocenters. The van der Waals surface area contributed by atoms with Crippen molar-refractivity contribution in [3.8, 4) is 5.95 Å². The molecule has 0 saturated carbocycles. The number of anilines is 2. The van der Waals surface area contributed by atoms with Crippen LogP contribution in [0.25, 0.3) is 5.95 Å². The lowest BCUT2D eigenvalue weighted by Gasteiger charge is -2.16. The van der Waals surface area contributed by atoms with E-state index in [0.717, 1.165) is 0 Å². The summed E-state index contributed by atoms with van der Waals surface area (Å²) in [7, 11) is 1.71. The molecule has 3 N–H and O–H groups in total. The molecule has 0 aromatic carbocycles. The van der Waals surface area contributed by atoms with Crippen molar-refractivity contribution in [3.05, 3.63) is 18.7 Å². The van der Waals surface area contributed by atoms with E-state index >= 15 is 0 Å². The minimum atomic E-state index is -0.790. The van der Waals surface area contributed by atoms with Crippen LogP contribution in [0, 0.1) is 0 Å². The zero-order chi connectivity index (χ0) is 14.1. The average Bonchev–Trinajstić information content (AvgIpc) is 3.09. The second-order valence-electron chi connectivity index (χ2n) is 4.52. The Bertz CT molecular complexity index is 578. The standard InChI is InChI=1S/C11H15N7O2/c1-12-9-14-10(17-3-2-13-6-17)16-11(15-9)18-4-7(19)8(20)5-18/h2-3,6-8,19-20H,4-5H2,1H3,(H,12,14,15,16). The van der Waals surface area contributed by atoms with Crippen molar-refractivity contribution >= 4 is 11.9 Å². The van der Waals surface area contributed by atoms with E-state index in [1.165, 1.54) is 0 Å². The van der Waals surface area contributed by atoms with E-state index in [4.69, 9.17) is 0 Å². The normalized spacial score (nSPS) is 22.2. The van der Waals surface area contributed by atoms with Gasteiger partial charge in [-0.05, 0) is 0 Å². The summed E-state index contributed by atoms with van der Waals surface area (Å²) in [6.07, 6.45) is 3.37. The van der Waals surface area contributed by atoms with Crippen LogP contribution in [0.2, 0.25) is 0 Å². The number of hydrogen-bond acceptors (Lipinski definition) is 8. The first-order valence-corrected chi connectivity index (χ1v) is 6.20. The molecule has 0 radical (unpaired) electrons. The van der Waals surface area contributed by atoms with Crippen LogP contribution in [-0.4, -0.2) is 67.1 Å². The monoisotopic (exact) mass is 277 g/mol. The number of imidazole rings is 1. The number of β-amino-alcohol motifs (C(OH)–C–C–N with tert-alkyl or cyclic N) is 2. The number of nitrogens with zero attached hydrogens (tertiary/aromatic N) is 6. The molecule has 3 rings (SSSR count). The van der Waals surface area contributed by atoms with Crippen molar-refractivity contribution in [2.24, 2.45) is 0 Å². The second-order valence-corrected chi connectivity index (χ2v) is 4.52. The van der Waals surface area contributed by atoms with E-state index in [-0.39, 0.29) is 13.1 Å². The number of nitrogens with one attached hydrogen (secondary N) is 1. The highest BCUT2D eigenvalue weighted by Crippen LogP contribution is 2.18. The molecule has 106 valence electrons. The van der Waals surface area contributed by atoms with Crippen molar-refractivity contribution in [2.75, 3.05) is 30.4 Å². The molecule has 0 bridgehead atoms. The summed E-state index contributed by atoms with van der Waals surface area (Å²) in [5, 5.41) is 22.1. The number of hydrogen-bond donors (Lipinski definition) is 3. The third kappa shape index (κ3) is 2.28. The Kier molecular flexibility index (Phi) is 3.20. The van der Waals surface area contributed by atoms with Gasteiger partial charge in [0.15, 0.2) is 0 Å². The van der Waals surface area contributed by atoms with Gasteiger partial charge in [0, 0.05) is 32.5 Å². The molecule has 2 aromatic rings. The topological polar surface area (TPSA) is 112 Å². The second kappa shape index (κ2) is 5.02. The SMILES string of the molecule is CNc1nc(N2CC(O)C(O)C2)nc(-n2ccnc2)n1. The van der Waals surface area contributed by atoms with Crippen LogP contribution in [0.4, 0.5) is 11.9 Å². The first kappa shape index (κ1) is 12.8. The van der Waals surface area contributed by atoms with Crippen LogP contribution >= 0.6 is 0 Å². The summed E-state index contributed by atoms with van der Waals surface area (Å²) >= 11 is 0. The van der Waals surface area contributed by atoms with Crippen molar-refractivity contribution in [3.63, 3.8) is 0 Å². The summed E-state index contributed by atoms with van der Waals surface area (Å²) in [5.74, 6) is 1.24. The molecular formula is C11H15N7O2. The predicted molar refractivity (Wildman–Crippen MR) is 70.7 cm³/mol. The number of aliphatic hydroxyl groups is 2. The van der Waals surface area contributed by atoms with Crippen LogP contribution in [0.3, 0.4) is 0 Å². The Labute approximate surface area is 115 Å². The number of aromatic nitrogens is 5. The molecule has 9 heteroatoms. The van der Waals surface area contributed by atoms with Gasteiger partial charge in [-0.25, -0.2) is 4.98 Å². The Morgan fingerprint density at radius 1 is 1.15 bits per heavy atom. The molecule has 2 aromatic heterocycles. The van der Waals surface area contributed by atoms with Crippen LogP contribution in [0.5, 0.6) is 0 Å². The molecule has 3 heterocycles. The van der Waals surface area contributed by atoms with E-state index in [9.17, 15) is 10.2 Å². The van der Waals surface area contributed by atoms with Crippen molar-refractivity contribution in [1.29, 1.82) is 0 Å². The lowest BCUT2D eigenvalue weighted by molar-refractivity contribution is 0.0572. The van der Waals surface area contributed by atoms with Gasteiger partial charge in [0.25, 0.3) is 0 Å². The maximum absolute atomic E-state index is 9.62. The summed E-state index contributed by atoms with van der Waals surface area (Å²) in [5.41, 5.74) is 0. The summed E-state index contributed by atoms with van der Waals surface area (Å²) in [6, 6.07) is 0. The Morgan fingerprint density at radius 2 is 1.85 bits per heavy atom. The van der Waals surface area contributed by atoms with E-state index in [1.807, 2.05) is 0 Å². The van der Waals surface area contributed by atoms with Crippen LogP contribution in [-0.2, 0) is 0 Å². The molecule has 0 amide bonds. The molecular weight excluding hydrogens is 262 g/mol. The third-order valence-electron chi connectivity index (χ3n) is 3.11.